The van der Waals surface area contributed by atoms with Gasteiger partial charge in [0.05, 0.1) is 11.3 Å². The van der Waals surface area contributed by atoms with Gasteiger partial charge in [-0.15, -0.1) is 0 Å². The molecule has 1 aromatic heterocycles. The monoisotopic (exact) mass is 302 g/mol. The van der Waals surface area contributed by atoms with Crippen LogP contribution in [0.4, 0.5) is 5.88 Å². The highest BCUT2D eigenvalue weighted by Gasteiger charge is 2.30. The van der Waals surface area contributed by atoms with Gasteiger partial charge in [-0.2, -0.15) is 0 Å². The van der Waals surface area contributed by atoms with Crippen molar-refractivity contribution in [1.82, 2.24) is 4.90 Å². The third kappa shape index (κ3) is 2.98. The van der Waals surface area contributed by atoms with Crippen molar-refractivity contribution in [2.24, 2.45) is 0 Å². The number of rotatable bonds is 3. The Labute approximate surface area is 115 Å². The van der Waals surface area contributed by atoms with Gasteiger partial charge in [-0.05, 0) is 18.9 Å². The van der Waals surface area contributed by atoms with E-state index in [4.69, 9.17) is 4.42 Å². The molecule has 1 aliphatic heterocycles. The molecule has 8 nitrogen and oxygen atoms in total. The zero-order chi connectivity index (χ0) is 14.9. The molecule has 1 aliphatic rings. The Hall–Kier alpha value is -1.90. The van der Waals surface area contributed by atoms with Crippen molar-refractivity contribution in [2.45, 2.75) is 18.1 Å². The second-order valence-electron chi connectivity index (χ2n) is 4.72. The second-order valence-corrected chi connectivity index (χ2v) is 7.04. The molecule has 0 bridgehead atoms. The van der Waals surface area contributed by atoms with Crippen LogP contribution in [-0.4, -0.2) is 48.7 Å². The first-order valence-corrected chi connectivity index (χ1v) is 7.97. The average Bonchev–Trinajstić information content (AvgIpc) is 2.86. The number of likely N-dealkylation sites (tertiary alicyclic amines) is 1. The SMILES string of the molecule is CS(=O)(=O)C1CCN(C(=O)c2ccc([N+](=O)[O-])o2)CC1. The number of hydrogen-bond donors (Lipinski definition) is 0. The molecule has 0 unspecified atom stereocenters. The highest BCUT2D eigenvalue weighted by Crippen LogP contribution is 2.21. The minimum Gasteiger partial charge on any atom is -0.395 e. The maximum absolute atomic E-state index is 12.1. The van der Waals surface area contributed by atoms with E-state index < -0.39 is 31.8 Å². The van der Waals surface area contributed by atoms with Gasteiger partial charge in [0.15, 0.2) is 5.76 Å². The molecule has 0 atom stereocenters. The number of carbonyl (C=O) groups is 1. The van der Waals surface area contributed by atoms with Gasteiger partial charge in [0.2, 0.25) is 0 Å². The number of furan rings is 1. The van der Waals surface area contributed by atoms with Crippen LogP contribution in [0.5, 0.6) is 0 Å². The third-order valence-electron chi connectivity index (χ3n) is 3.32. The molecular weight excluding hydrogens is 288 g/mol. The first-order chi connectivity index (χ1) is 9.29. The first-order valence-electron chi connectivity index (χ1n) is 6.01. The summed E-state index contributed by atoms with van der Waals surface area (Å²) in [5.74, 6) is -1.04. The summed E-state index contributed by atoms with van der Waals surface area (Å²) in [6, 6.07) is 2.37. The highest BCUT2D eigenvalue weighted by atomic mass is 32.2. The third-order valence-corrected chi connectivity index (χ3v) is 5.00. The summed E-state index contributed by atoms with van der Waals surface area (Å²) in [6.45, 7) is 0.593. The summed E-state index contributed by atoms with van der Waals surface area (Å²) in [4.78, 5) is 23.3. The van der Waals surface area contributed by atoms with E-state index in [0.29, 0.717) is 25.9 Å². The Balaban J connectivity index is 2.03. The number of piperidine rings is 1. The van der Waals surface area contributed by atoms with E-state index in [1.54, 1.807) is 0 Å². The lowest BCUT2D eigenvalue weighted by atomic mass is 10.1. The molecule has 1 aromatic rings. The molecule has 0 aromatic carbocycles. The molecule has 0 radical (unpaired) electrons. The molecule has 9 heteroatoms. The predicted octanol–water partition coefficient (Wildman–Crippen LogP) is 0.837. The topological polar surface area (TPSA) is 111 Å². The van der Waals surface area contributed by atoms with Crippen LogP contribution in [0.15, 0.2) is 16.5 Å². The molecule has 0 aliphatic carbocycles. The summed E-state index contributed by atoms with van der Waals surface area (Å²) in [7, 11) is -3.10. The van der Waals surface area contributed by atoms with Crippen LogP contribution in [0, 0.1) is 10.1 Å². The van der Waals surface area contributed by atoms with Crippen LogP contribution < -0.4 is 0 Å². The van der Waals surface area contributed by atoms with Crippen molar-refractivity contribution < 1.29 is 22.6 Å². The number of hydrogen-bond acceptors (Lipinski definition) is 6. The zero-order valence-electron chi connectivity index (χ0n) is 10.8. The van der Waals surface area contributed by atoms with Crippen molar-refractivity contribution in [2.75, 3.05) is 19.3 Å². The molecule has 2 rings (SSSR count). The van der Waals surface area contributed by atoms with Crippen LogP contribution in [0.3, 0.4) is 0 Å². The van der Waals surface area contributed by atoms with Crippen LogP contribution >= 0.6 is 0 Å². The maximum Gasteiger partial charge on any atom is 0.433 e. The molecule has 1 saturated heterocycles. The smallest absolute Gasteiger partial charge is 0.395 e. The Morgan fingerprint density at radius 3 is 2.45 bits per heavy atom. The van der Waals surface area contributed by atoms with Gasteiger partial charge in [0.1, 0.15) is 14.8 Å². The Bertz CT molecular complexity index is 627. The van der Waals surface area contributed by atoms with Crippen LogP contribution in [0.25, 0.3) is 0 Å². The fourth-order valence-corrected chi connectivity index (χ4v) is 3.25. The standard InChI is InChI=1S/C11H14N2O6S/c1-20(17,18)8-4-6-12(7-5-8)11(14)9-2-3-10(19-9)13(15)16/h2-3,8H,4-7H2,1H3. The van der Waals surface area contributed by atoms with Gasteiger partial charge in [-0.1, -0.05) is 0 Å². The summed E-state index contributed by atoms with van der Waals surface area (Å²) < 4.78 is 27.7. The lowest BCUT2D eigenvalue weighted by Crippen LogP contribution is -2.42. The molecule has 0 spiro atoms. The van der Waals surface area contributed by atoms with Crippen molar-refractivity contribution >= 4 is 21.6 Å². The van der Waals surface area contributed by atoms with Crippen LogP contribution in [-0.2, 0) is 9.84 Å². The lowest BCUT2D eigenvalue weighted by molar-refractivity contribution is -0.402. The van der Waals surface area contributed by atoms with Gasteiger partial charge in [0, 0.05) is 19.3 Å². The molecule has 1 fully saturated rings. The minimum atomic E-state index is -3.10. The highest BCUT2D eigenvalue weighted by molar-refractivity contribution is 7.91. The number of nitrogens with zero attached hydrogens (tertiary/aromatic N) is 2. The molecule has 110 valence electrons. The average molecular weight is 302 g/mol. The quantitative estimate of drug-likeness (QED) is 0.604. The summed E-state index contributed by atoms with van der Waals surface area (Å²) >= 11 is 0. The van der Waals surface area contributed by atoms with E-state index in [0.717, 1.165) is 6.07 Å². The molecule has 2 heterocycles. The van der Waals surface area contributed by atoms with Crippen molar-refractivity contribution in [1.29, 1.82) is 0 Å². The summed E-state index contributed by atoms with van der Waals surface area (Å²) in [5, 5.41) is 10.1. The van der Waals surface area contributed by atoms with Gasteiger partial charge >= 0.3 is 5.88 Å². The van der Waals surface area contributed by atoms with Crippen LogP contribution in [0.2, 0.25) is 0 Å². The van der Waals surface area contributed by atoms with E-state index in [1.165, 1.54) is 17.2 Å². The predicted molar refractivity (Wildman–Crippen MR) is 69.1 cm³/mol. The number of carbonyl (C=O) groups excluding carboxylic acids is 1. The summed E-state index contributed by atoms with van der Waals surface area (Å²) in [5.41, 5.74) is 0. The lowest BCUT2D eigenvalue weighted by Gasteiger charge is -2.30. The van der Waals surface area contributed by atoms with Crippen molar-refractivity contribution in [3.05, 3.63) is 28.0 Å². The molecule has 1 amide bonds. The van der Waals surface area contributed by atoms with E-state index in [-0.39, 0.29) is 5.76 Å². The fourth-order valence-electron chi connectivity index (χ4n) is 2.18. The normalized spacial score (nSPS) is 17.1. The fraction of sp³-hybridized carbons (Fsp3) is 0.545. The second kappa shape index (κ2) is 5.23. The number of nitro groups is 1. The van der Waals surface area contributed by atoms with Crippen molar-refractivity contribution in [3.8, 4) is 0 Å². The Kier molecular flexibility index (Phi) is 3.80. The zero-order valence-corrected chi connectivity index (χ0v) is 11.6. The largest absolute Gasteiger partial charge is 0.433 e. The minimum absolute atomic E-state index is 0.102. The molecular formula is C11H14N2O6S. The van der Waals surface area contributed by atoms with Crippen molar-refractivity contribution in [3.63, 3.8) is 0 Å². The van der Waals surface area contributed by atoms with Crippen LogP contribution in [0.1, 0.15) is 23.4 Å². The number of sulfone groups is 1. The number of amides is 1. The van der Waals surface area contributed by atoms with E-state index >= 15 is 0 Å². The molecule has 0 N–H and O–H groups in total. The maximum atomic E-state index is 12.1. The van der Waals surface area contributed by atoms with E-state index in [2.05, 4.69) is 0 Å². The van der Waals surface area contributed by atoms with Gasteiger partial charge in [-0.25, -0.2) is 8.42 Å². The van der Waals surface area contributed by atoms with Gasteiger partial charge in [0.25, 0.3) is 5.91 Å². The Morgan fingerprint density at radius 2 is 2.00 bits per heavy atom. The van der Waals surface area contributed by atoms with E-state index in [1.807, 2.05) is 0 Å². The summed E-state index contributed by atoms with van der Waals surface area (Å²) in [6.07, 6.45) is 1.92. The molecule has 20 heavy (non-hydrogen) atoms. The van der Waals surface area contributed by atoms with E-state index in [9.17, 15) is 23.3 Å². The Morgan fingerprint density at radius 1 is 1.40 bits per heavy atom. The molecule has 0 saturated carbocycles. The van der Waals surface area contributed by atoms with Gasteiger partial charge < -0.3 is 9.32 Å². The first kappa shape index (κ1) is 14.5. The van der Waals surface area contributed by atoms with Gasteiger partial charge in [-0.3, -0.25) is 14.9 Å².